The van der Waals surface area contributed by atoms with Gasteiger partial charge in [0.25, 0.3) is 0 Å². The number of aromatic nitrogens is 2. The molecule has 0 saturated carbocycles. The third-order valence-electron chi connectivity index (χ3n) is 0.801. The van der Waals surface area contributed by atoms with Crippen LogP contribution in [0.15, 0.2) is 5.51 Å². The molecule has 0 aromatic carbocycles. The topological polar surface area (TPSA) is 87.1 Å². The van der Waals surface area contributed by atoms with Gasteiger partial charge in [0.2, 0.25) is 5.13 Å². The maximum atomic E-state index is 10.1. The molecule has 0 atom stereocenters. The summed E-state index contributed by atoms with van der Waals surface area (Å²) >= 11 is 5.84. The molecule has 0 aliphatic heterocycles. The van der Waals surface area contributed by atoms with Crippen LogP contribution in [0, 0.1) is 0 Å². The Balaban J connectivity index is 2.42. The Morgan fingerprint density at radius 3 is 3.00 bits per heavy atom. The minimum atomic E-state index is -1.21. The molecule has 1 heterocycles. The standard InChI is InChI=1S/C4H4N4O2S2/c9-4(10)7-2(11)6-3-8-5-1-12-3/h1H,(H,9,10)(H2,6,7,8,11). The summed E-state index contributed by atoms with van der Waals surface area (Å²) in [6.07, 6.45) is -1.21. The molecule has 1 amide bonds. The highest BCUT2D eigenvalue weighted by Gasteiger charge is 2.02. The van der Waals surface area contributed by atoms with Crippen LogP contribution in [-0.4, -0.2) is 26.5 Å². The van der Waals surface area contributed by atoms with Crippen LogP contribution in [0.2, 0.25) is 0 Å². The molecule has 1 aromatic heterocycles. The maximum Gasteiger partial charge on any atom is 0.410 e. The number of nitrogens with one attached hydrogen (secondary N) is 2. The number of amides is 1. The van der Waals surface area contributed by atoms with Crippen molar-refractivity contribution in [2.45, 2.75) is 0 Å². The number of anilines is 1. The van der Waals surface area contributed by atoms with Gasteiger partial charge in [-0.2, -0.15) is 0 Å². The van der Waals surface area contributed by atoms with Crippen molar-refractivity contribution in [2.75, 3.05) is 5.32 Å². The zero-order chi connectivity index (χ0) is 8.97. The Morgan fingerprint density at radius 2 is 2.50 bits per heavy atom. The highest BCUT2D eigenvalue weighted by molar-refractivity contribution is 7.80. The molecule has 1 aromatic rings. The molecule has 0 radical (unpaired) electrons. The lowest BCUT2D eigenvalue weighted by atomic mass is 10.9. The summed E-state index contributed by atoms with van der Waals surface area (Å²) in [5.74, 6) is 0. The zero-order valence-electron chi connectivity index (χ0n) is 5.64. The van der Waals surface area contributed by atoms with Gasteiger partial charge in [-0.15, -0.1) is 10.2 Å². The fourth-order valence-electron chi connectivity index (χ4n) is 0.453. The molecule has 1 rings (SSSR count). The quantitative estimate of drug-likeness (QED) is 0.577. The first-order valence-corrected chi connectivity index (χ1v) is 4.04. The SMILES string of the molecule is O=C(O)NC(=S)Nc1nncs1. The molecule has 6 nitrogen and oxygen atoms in total. The van der Waals surface area contributed by atoms with Gasteiger partial charge in [0.05, 0.1) is 0 Å². The molecule has 12 heavy (non-hydrogen) atoms. The molecule has 0 saturated heterocycles. The number of rotatable bonds is 1. The molecular weight excluding hydrogens is 200 g/mol. The minimum absolute atomic E-state index is 0.0146. The van der Waals surface area contributed by atoms with E-state index in [1.54, 1.807) is 0 Å². The predicted octanol–water partition coefficient (Wildman–Crippen LogP) is 0.502. The molecule has 0 unspecified atom stereocenters. The van der Waals surface area contributed by atoms with Crippen LogP contribution in [0.3, 0.4) is 0 Å². The van der Waals surface area contributed by atoms with Crippen LogP contribution in [0.25, 0.3) is 0 Å². The second-order valence-corrected chi connectivity index (χ2v) is 2.87. The number of hydrogen-bond donors (Lipinski definition) is 3. The zero-order valence-corrected chi connectivity index (χ0v) is 7.28. The average molecular weight is 204 g/mol. The Hall–Kier alpha value is -1.28. The van der Waals surface area contributed by atoms with E-state index in [0.717, 1.165) is 0 Å². The van der Waals surface area contributed by atoms with E-state index in [0.29, 0.717) is 5.13 Å². The molecule has 0 aliphatic carbocycles. The van der Waals surface area contributed by atoms with E-state index in [-0.39, 0.29) is 5.11 Å². The van der Waals surface area contributed by atoms with Crippen LogP contribution in [-0.2, 0) is 0 Å². The van der Waals surface area contributed by atoms with Crippen LogP contribution in [0.5, 0.6) is 0 Å². The Morgan fingerprint density at radius 1 is 1.75 bits per heavy atom. The summed E-state index contributed by atoms with van der Waals surface area (Å²) in [4.78, 5) is 10.1. The second kappa shape index (κ2) is 3.93. The van der Waals surface area contributed by atoms with Crippen molar-refractivity contribution in [2.24, 2.45) is 0 Å². The van der Waals surface area contributed by atoms with Crippen molar-refractivity contribution < 1.29 is 9.90 Å². The van der Waals surface area contributed by atoms with Crippen LogP contribution in [0.4, 0.5) is 9.93 Å². The second-order valence-electron chi connectivity index (χ2n) is 1.63. The lowest BCUT2D eigenvalue weighted by Gasteiger charge is -2.01. The Labute approximate surface area is 76.6 Å². The van der Waals surface area contributed by atoms with Gasteiger partial charge in [-0.3, -0.25) is 5.32 Å². The Kier molecular flexibility index (Phi) is 2.88. The third kappa shape index (κ3) is 2.76. The lowest BCUT2D eigenvalue weighted by molar-refractivity contribution is 0.200. The average Bonchev–Trinajstić information content (AvgIpc) is 2.37. The van der Waals surface area contributed by atoms with Gasteiger partial charge in [0, 0.05) is 0 Å². The van der Waals surface area contributed by atoms with E-state index in [9.17, 15) is 4.79 Å². The van der Waals surface area contributed by atoms with Crippen molar-refractivity contribution >= 4 is 39.9 Å². The summed E-state index contributed by atoms with van der Waals surface area (Å²) in [7, 11) is 0. The first-order valence-electron chi connectivity index (χ1n) is 2.75. The monoisotopic (exact) mass is 204 g/mol. The van der Waals surface area contributed by atoms with Crippen molar-refractivity contribution in [3.8, 4) is 0 Å². The number of hydrogen-bond acceptors (Lipinski definition) is 5. The number of carbonyl (C=O) groups is 1. The largest absolute Gasteiger partial charge is 0.465 e. The molecule has 8 heteroatoms. The third-order valence-corrected chi connectivity index (χ3v) is 1.61. The van der Waals surface area contributed by atoms with Crippen molar-refractivity contribution in [1.29, 1.82) is 0 Å². The highest BCUT2D eigenvalue weighted by atomic mass is 32.1. The van der Waals surface area contributed by atoms with Crippen LogP contribution < -0.4 is 10.6 Å². The molecule has 64 valence electrons. The van der Waals surface area contributed by atoms with Crippen molar-refractivity contribution in [3.63, 3.8) is 0 Å². The summed E-state index contributed by atoms with van der Waals surface area (Å²) in [6, 6.07) is 0. The van der Waals surface area contributed by atoms with Gasteiger partial charge in [0.15, 0.2) is 5.11 Å². The molecular formula is C4H4N4O2S2. The summed E-state index contributed by atoms with van der Waals surface area (Å²) in [6.45, 7) is 0. The van der Waals surface area contributed by atoms with Crippen LogP contribution >= 0.6 is 23.6 Å². The smallest absolute Gasteiger partial charge is 0.410 e. The number of nitrogens with zero attached hydrogens (tertiary/aromatic N) is 2. The van der Waals surface area contributed by atoms with Crippen LogP contribution in [0.1, 0.15) is 0 Å². The van der Waals surface area contributed by atoms with Gasteiger partial charge < -0.3 is 10.4 Å². The molecule has 0 bridgehead atoms. The van der Waals surface area contributed by atoms with Gasteiger partial charge in [0.1, 0.15) is 5.51 Å². The first kappa shape index (κ1) is 8.81. The van der Waals surface area contributed by atoms with Gasteiger partial charge in [-0.1, -0.05) is 11.3 Å². The fourth-order valence-corrected chi connectivity index (χ4v) is 1.15. The minimum Gasteiger partial charge on any atom is -0.465 e. The van der Waals surface area contributed by atoms with Crippen molar-refractivity contribution in [1.82, 2.24) is 15.5 Å². The fraction of sp³-hybridized carbons (Fsp3) is 0. The van der Waals surface area contributed by atoms with E-state index >= 15 is 0 Å². The molecule has 0 fully saturated rings. The lowest BCUT2D eigenvalue weighted by Crippen LogP contribution is -2.32. The van der Waals surface area contributed by atoms with E-state index in [4.69, 9.17) is 5.11 Å². The molecule has 3 N–H and O–H groups in total. The summed E-state index contributed by atoms with van der Waals surface area (Å²) in [5.41, 5.74) is 1.51. The molecule has 0 aliphatic rings. The van der Waals surface area contributed by atoms with Gasteiger partial charge in [-0.05, 0) is 12.2 Å². The normalized spacial score (nSPS) is 9.00. The summed E-state index contributed by atoms with van der Waals surface area (Å²) in [5, 5.41) is 20.3. The van der Waals surface area contributed by atoms with Crippen molar-refractivity contribution in [3.05, 3.63) is 5.51 Å². The van der Waals surface area contributed by atoms with Gasteiger partial charge in [-0.25, -0.2) is 4.79 Å². The number of carboxylic acid groups (broad SMARTS) is 1. The first-order chi connectivity index (χ1) is 5.68. The molecule has 0 spiro atoms. The number of thiocarbonyl (C=S) groups is 1. The Bertz CT molecular complexity index is 285. The van der Waals surface area contributed by atoms with E-state index in [2.05, 4.69) is 27.7 Å². The summed E-state index contributed by atoms with van der Waals surface area (Å²) < 4.78 is 0. The van der Waals surface area contributed by atoms with Gasteiger partial charge >= 0.3 is 6.09 Å². The van der Waals surface area contributed by atoms with E-state index in [1.165, 1.54) is 16.8 Å². The maximum absolute atomic E-state index is 10.1. The van der Waals surface area contributed by atoms with E-state index < -0.39 is 6.09 Å². The van der Waals surface area contributed by atoms with E-state index in [1.807, 2.05) is 5.32 Å². The predicted molar refractivity (Wildman–Crippen MR) is 47.3 cm³/mol. The highest BCUT2D eigenvalue weighted by Crippen LogP contribution is 2.06.